The Morgan fingerprint density at radius 1 is 0.786 bits per heavy atom. The lowest BCUT2D eigenvalue weighted by atomic mass is 9.78. The highest BCUT2D eigenvalue weighted by molar-refractivity contribution is 5.23. The monoisotopic (exact) mass is 227 g/mol. The lowest BCUT2D eigenvalue weighted by Crippen LogP contribution is -2.84. The molecule has 0 aliphatic heterocycles. The highest BCUT2D eigenvalue weighted by Gasteiger charge is 3.03. The van der Waals surface area contributed by atoms with E-state index < -0.39 is 23.6 Å². The van der Waals surface area contributed by atoms with Gasteiger partial charge in [0.2, 0.25) is 0 Å². The zero-order chi connectivity index (χ0) is 11.4. The molecule has 0 unspecified atom stereocenters. The van der Waals surface area contributed by atoms with Crippen molar-refractivity contribution in [2.45, 2.75) is 23.6 Å². The number of rotatable bonds is 2. The van der Waals surface area contributed by atoms with Gasteiger partial charge in [-0.25, -0.2) is 0 Å². The van der Waals surface area contributed by atoms with Crippen molar-refractivity contribution in [3.8, 4) is 0 Å². The summed E-state index contributed by atoms with van der Waals surface area (Å²) in [5.41, 5.74) is 0. The van der Waals surface area contributed by atoms with Crippen molar-refractivity contribution in [3.05, 3.63) is 4.91 Å². The standard InChI is InChI=1S/C4F7NO2/c5-1(6)2(7,8)4(11,14-12-13)3(1,9)10. The van der Waals surface area contributed by atoms with Gasteiger partial charge in [0.15, 0.2) is 5.34 Å². The lowest BCUT2D eigenvalue weighted by molar-refractivity contribution is -0.533. The summed E-state index contributed by atoms with van der Waals surface area (Å²) in [4.78, 5) is 11.6. The Labute approximate surface area is 70.7 Å². The van der Waals surface area contributed by atoms with Gasteiger partial charge in [0.05, 0.1) is 0 Å². The molecule has 0 aromatic carbocycles. The number of hydrogen-bond donors (Lipinski definition) is 0. The molecule has 1 aliphatic carbocycles. The van der Waals surface area contributed by atoms with Gasteiger partial charge in [-0.15, -0.1) is 4.91 Å². The molecule has 0 heterocycles. The van der Waals surface area contributed by atoms with E-state index >= 15 is 0 Å². The molecule has 1 rings (SSSR count). The minimum atomic E-state index is -5.92. The second kappa shape index (κ2) is 2.28. The van der Waals surface area contributed by atoms with E-state index in [2.05, 4.69) is 4.84 Å². The van der Waals surface area contributed by atoms with Crippen molar-refractivity contribution >= 4 is 0 Å². The fraction of sp³-hybridized carbons (Fsp3) is 1.00. The van der Waals surface area contributed by atoms with Gasteiger partial charge in [0.1, 0.15) is 0 Å². The number of hydrogen-bond acceptors (Lipinski definition) is 3. The van der Waals surface area contributed by atoms with Gasteiger partial charge in [-0.1, -0.05) is 0 Å². The first-order valence-corrected chi connectivity index (χ1v) is 2.89. The molecule has 1 saturated carbocycles. The molecule has 0 atom stereocenters. The molecular formula is C4F7NO2. The predicted octanol–water partition coefficient (Wildman–Crippen LogP) is 2.27. The molecule has 14 heavy (non-hydrogen) atoms. The molecule has 82 valence electrons. The van der Waals surface area contributed by atoms with Crippen LogP contribution in [0, 0.1) is 4.91 Å². The van der Waals surface area contributed by atoms with Crippen LogP contribution in [0.2, 0.25) is 0 Å². The quantitative estimate of drug-likeness (QED) is 0.412. The van der Waals surface area contributed by atoms with Gasteiger partial charge in [-0.2, -0.15) is 30.7 Å². The van der Waals surface area contributed by atoms with Crippen molar-refractivity contribution in [1.29, 1.82) is 0 Å². The maximum atomic E-state index is 12.5. The Morgan fingerprint density at radius 3 is 1.43 bits per heavy atom. The molecule has 10 heteroatoms. The Hall–Kier alpha value is -1.09. The Balaban J connectivity index is 3.17. The van der Waals surface area contributed by atoms with E-state index in [1.165, 1.54) is 0 Å². The van der Waals surface area contributed by atoms with E-state index in [1.54, 1.807) is 0 Å². The summed E-state index contributed by atoms with van der Waals surface area (Å²) in [7, 11) is 0. The first-order valence-electron chi connectivity index (χ1n) is 2.89. The van der Waals surface area contributed by atoms with Crippen LogP contribution in [0.1, 0.15) is 0 Å². The molecule has 0 saturated heterocycles. The maximum absolute atomic E-state index is 12.5. The lowest BCUT2D eigenvalue weighted by Gasteiger charge is -2.50. The van der Waals surface area contributed by atoms with Crippen LogP contribution in [0.15, 0.2) is 5.34 Å². The zero-order valence-electron chi connectivity index (χ0n) is 5.91. The fourth-order valence-corrected chi connectivity index (χ4v) is 0.902. The van der Waals surface area contributed by atoms with E-state index in [4.69, 9.17) is 0 Å². The summed E-state index contributed by atoms with van der Waals surface area (Å²) in [5.74, 6) is -22.9. The van der Waals surface area contributed by atoms with Crippen molar-refractivity contribution in [3.63, 3.8) is 0 Å². The summed E-state index contributed by atoms with van der Waals surface area (Å²) in [5, 5.41) is 0.968. The van der Waals surface area contributed by atoms with Crippen LogP contribution < -0.4 is 0 Å². The Bertz CT molecular complexity index is 259. The zero-order valence-corrected chi connectivity index (χ0v) is 5.91. The highest BCUT2D eigenvalue weighted by atomic mass is 19.4. The van der Waals surface area contributed by atoms with Crippen LogP contribution in [0.5, 0.6) is 0 Å². The maximum Gasteiger partial charge on any atom is 0.413 e. The highest BCUT2D eigenvalue weighted by Crippen LogP contribution is 2.69. The fourth-order valence-electron chi connectivity index (χ4n) is 0.902. The molecule has 0 bridgehead atoms. The average molecular weight is 227 g/mol. The van der Waals surface area contributed by atoms with Crippen LogP contribution in [0.4, 0.5) is 30.7 Å². The van der Waals surface area contributed by atoms with Crippen LogP contribution in [-0.4, -0.2) is 23.6 Å². The summed E-state index contributed by atoms with van der Waals surface area (Å²) in [6, 6.07) is 0. The van der Waals surface area contributed by atoms with Gasteiger partial charge < -0.3 is 4.84 Å². The summed E-state index contributed by atoms with van der Waals surface area (Å²) >= 11 is 0. The SMILES string of the molecule is O=NOC1(F)C(F)(F)C(F)(F)C1(F)F. The largest absolute Gasteiger partial charge is 0.413 e. The third kappa shape index (κ3) is 0.708. The Morgan fingerprint density at radius 2 is 1.14 bits per heavy atom. The van der Waals surface area contributed by atoms with E-state index in [9.17, 15) is 35.6 Å². The summed E-state index contributed by atoms with van der Waals surface area (Å²) in [6.45, 7) is 0. The molecule has 0 spiro atoms. The van der Waals surface area contributed by atoms with Gasteiger partial charge in [-0.3, -0.25) is 0 Å². The molecule has 0 aromatic rings. The topological polar surface area (TPSA) is 38.7 Å². The molecular weight excluding hydrogens is 227 g/mol. The number of alkyl halides is 7. The minimum absolute atomic E-state index is 0.968. The van der Waals surface area contributed by atoms with Gasteiger partial charge in [0, 0.05) is 0 Å². The molecule has 0 amide bonds. The van der Waals surface area contributed by atoms with E-state index in [0.717, 1.165) is 5.34 Å². The van der Waals surface area contributed by atoms with Gasteiger partial charge >= 0.3 is 23.6 Å². The smallest absolute Gasteiger partial charge is 0.309 e. The van der Waals surface area contributed by atoms with Crippen LogP contribution in [0.3, 0.4) is 0 Å². The van der Waals surface area contributed by atoms with Crippen LogP contribution >= 0.6 is 0 Å². The predicted molar refractivity (Wildman–Crippen MR) is 25.6 cm³/mol. The third-order valence-corrected chi connectivity index (χ3v) is 1.76. The second-order valence-corrected chi connectivity index (χ2v) is 2.48. The minimum Gasteiger partial charge on any atom is -0.309 e. The van der Waals surface area contributed by atoms with Crippen molar-refractivity contribution in [2.24, 2.45) is 5.34 Å². The average Bonchev–Trinajstić information content (AvgIpc) is 2.02. The van der Waals surface area contributed by atoms with Crippen LogP contribution in [0.25, 0.3) is 0 Å². The van der Waals surface area contributed by atoms with Gasteiger partial charge in [0.25, 0.3) is 0 Å². The normalized spacial score (nSPS) is 30.2. The molecule has 1 fully saturated rings. The van der Waals surface area contributed by atoms with Crippen molar-refractivity contribution in [2.75, 3.05) is 0 Å². The van der Waals surface area contributed by atoms with Crippen molar-refractivity contribution < 1.29 is 35.6 Å². The number of nitrogens with zero attached hydrogens (tertiary/aromatic N) is 1. The second-order valence-electron chi connectivity index (χ2n) is 2.48. The Kier molecular flexibility index (Phi) is 1.79. The van der Waals surface area contributed by atoms with Gasteiger partial charge in [-0.05, 0) is 0 Å². The molecule has 0 N–H and O–H groups in total. The summed E-state index contributed by atoms with van der Waals surface area (Å²) in [6.07, 6.45) is 0. The van der Waals surface area contributed by atoms with E-state index in [0.29, 0.717) is 0 Å². The first-order chi connectivity index (χ1) is 6.06. The van der Waals surface area contributed by atoms with E-state index in [-0.39, 0.29) is 0 Å². The summed E-state index contributed by atoms with van der Waals surface area (Å²) < 4.78 is 84.8. The molecule has 1 aliphatic rings. The third-order valence-electron chi connectivity index (χ3n) is 1.76. The molecule has 0 radical (unpaired) electrons. The first kappa shape index (κ1) is 11.0. The number of halogens is 7. The van der Waals surface area contributed by atoms with Crippen LogP contribution in [-0.2, 0) is 4.84 Å². The molecule has 3 nitrogen and oxygen atoms in total. The molecule has 0 aromatic heterocycles. The van der Waals surface area contributed by atoms with Crippen molar-refractivity contribution in [1.82, 2.24) is 0 Å². The van der Waals surface area contributed by atoms with E-state index in [1.807, 2.05) is 0 Å².